The molecule has 0 bridgehead atoms. The Labute approximate surface area is 170 Å². The number of aryl methyl sites for hydroxylation is 1. The number of nitrogens with zero attached hydrogens (tertiary/aromatic N) is 3. The monoisotopic (exact) mass is 403 g/mol. The SMILES string of the molecule is CCc1nc(C(N)=O)c(Nc2ccc(C3CCN(C)CC3)c(OC)c2)nc1Cl. The molecule has 0 aliphatic carbocycles. The minimum atomic E-state index is -0.656. The number of carbonyl (C=O) groups is 1. The van der Waals surface area contributed by atoms with Gasteiger partial charge in [0, 0.05) is 11.8 Å². The van der Waals surface area contributed by atoms with Crippen molar-refractivity contribution in [3.8, 4) is 5.75 Å². The second-order valence-corrected chi connectivity index (χ2v) is 7.39. The van der Waals surface area contributed by atoms with Gasteiger partial charge >= 0.3 is 0 Å². The first-order valence-electron chi connectivity index (χ1n) is 9.42. The van der Waals surface area contributed by atoms with Gasteiger partial charge in [-0.3, -0.25) is 4.79 Å². The minimum Gasteiger partial charge on any atom is -0.496 e. The molecule has 1 amide bonds. The lowest BCUT2D eigenvalue weighted by molar-refractivity contribution is 0.0996. The van der Waals surface area contributed by atoms with Crippen molar-refractivity contribution in [2.24, 2.45) is 5.73 Å². The van der Waals surface area contributed by atoms with E-state index in [-0.39, 0.29) is 16.7 Å². The number of amides is 1. The molecule has 1 saturated heterocycles. The molecule has 0 radical (unpaired) electrons. The fourth-order valence-corrected chi connectivity index (χ4v) is 3.78. The van der Waals surface area contributed by atoms with Crippen LogP contribution in [0.3, 0.4) is 0 Å². The van der Waals surface area contributed by atoms with Crippen molar-refractivity contribution < 1.29 is 9.53 Å². The Kier molecular flexibility index (Phi) is 6.36. The Morgan fingerprint density at radius 2 is 2.07 bits per heavy atom. The molecule has 1 aliphatic heterocycles. The van der Waals surface area contributed by atoms with Gasteiger partial charge in [-0.1, -0.05) is 24.6 Å². The Morgan fingerprint density at radius 1 is 1.36 bits per heavy atom. The summed E-state index contributed by atoms with van der Waals surface area (Å²) in [6, 6.07) is 5.92. The highest BCUT2D eigenvalue weighted by atomic mass is 35.5. The maximum absolute atomic E-state index is 11.8. The standard InChI is InChI=1S/C20H26ClN5O2/c1-4-15-18(21)25-20(17(24-15)19(22)27)23-13-5-6-14(16(11-13)28-3)12-7-9-26(2)10-8-12/h5-6,11-12H,4,7-10H2,1-3H3,(H2,22,27)(H,23,25). The number of benzene rings is 1. The number of likely N-dealkylation sites (tertiary alicyclic amines) is 1. The van der Waals surface area contributed by atoms with Gasteiger partial charge in [0.2, 0.25) is 0 Å². The van der Waals surface area contributed by atoms with Crippen LogP contribution in [0.5, 0.6) is 5.75 Å². The van der Waals surface area contributed by atoms with Gasteiger partial charge in [0.1, 0.15) is 5.75 Å². The van der Waals surface area contributed by atoms with Crippen LogP contribution < -0.4 is 15.8 Å². The van der Waals surface area contributed by atoms with Crippen molar-refractivity contribution in [3.05, 3.63) is 40.3 Å². The molecule has 0 saturated carbocycles. The lowest BCUT2D eigenvalue weighted by Gasteiger charge is -2.30. The molecule has 1 aromatic heterocycles. The summed E-state index contributed by atoms with van der Waals surface area (Å²) in [5, 5.41) is 3.37. The number of hydrogen-bond acceptors (Lipinski definition) is 6. The highest BCUT2D eigenvalue weighted by Gasteiger charge is 2.22. The fourth-order valence-electron chi connectivity index (χ4n) is 3.52. The summed E-state index contributed by atoms with van der Waals surface area (Å²) >= 11 is 6.18. The van der Waals surface area contributed by atoms with E-state index in [1.807, 2.05) is 19.1 Å². The fraction of sp³-hybridized carbons (Fsp3) is 0.450. The van der Waals surface area contributed by atoms with E-state index in [0.717, 1.165) is 37.4 Å². The van der Waals surface area contributed by atoms with E-state index in [1.54, 1.807) is 7.11 Å². The number of methoxy groups -OCH3 is 1. The summed E-state index contributed by atoms with van der Waals surface area (Å²) < 4.78 is 5.63. The van der Waals surface area contributed by atoms with Crippen LogP contribution in [0, 0.1) is 0 Å². The number of ether oxygens (including phenoxy) is 1. The quantitative estimate of drug-likeness (QED) is 0.768. The highest BCUT2D eigenvalue weighted by molar-refractivity contribution is 6.30. The number of anilines is 2. The summed E-state index contributed by atoms with van der Waals surface area (Å²) in [7, 11) is 3.81. The molecular weight excluding hydrogens is 378 g/mol. The number of carbonyl (C=O) groups excluding carboxylic acids is 1. The molecule has 0 unspecified atom stereocenters. The summed E-state index contributed by atoms with van der Waals surface area (Å²) in [5.41, 5.74) is 8.01. The minimum absolute atomic E-state index is 0.0691. The lowest BCUT2D eigenvalue weighted by atomic mass is 9.89. The van der Waals surface area contributed by atoms with Crippen LogP contribution in [0.15, 0.2) is 18.2 Å². The van der Waals surface area contributed by atoms with Gasteiger partial charge in [-0.05, 0) is 56.9 Å². The second kappa shape index (κ2) is 8.75. The number of nitrogens with two attached hydrogens (primary N) is 1. The zero-order valence-corrected chi connectivity index (χ0v) is 17.2. The van der Waals surface area contributed by atoms with Crippen molar-refractivity contribution >= 4 is 29.0 Å². The third kappa shape index (κ3) is 4.36. The number of hydrogen-bond donors (Lipinski definition) is 2. The number of nitrogens with one attached hydrogen (secondary N) is 1. The van der Waals surface area contributed by atoms with Gasteiger partial charge in [-0.15, -0.1) is 0 Å². The van der Waals surface area contributed by atoms with Crippen LogP contribution in [0.4, 0.5) is 11.5 Å². The van der Waals surface area contributed by atoms with Crippen LogP contribution in [0.25, 0.3) is 0 Å². The Morgan fingerprint density at radius 3 is 2.68 bits per heavy atom. The van der Waals surface area contributed by atoms with E-state index in [2.05, 4.69) is 33.3 Å². The molecule has 1 aliphatic rings. The average molecular weight is 404 g/mol. The summed E-state index contributed by atoms with van der Waals surface area (Å²) in [5.74, 6) is 0.865. The largest absolute Gasteiger partial charge is 0.496 e. The van der Waals surface area contributed by atoms with Crippen LogP contribution in [0.1, 0.15) is 47.4 Å². The lowest BCUT2D eigenvalue weighted by Crippen LogP contribution is -2.29. The van der Waals surface area contributed by atoms with Crippen LogP contribution >= 0.6 is 11.6 Å². The van der Waals surface area contributed by atoms with E-state index in [4.69, 9.17) is 22.1 Å². The third-order valence-corrected chi connectivity index (χ3v) is 5.44. The third-order valence-electron chi connectivity index (χ3n) is 5.14. The van der Waals surface area contributed by atoms with Gasteiger partial charge in [0.25, 0.3) is 5.91 Å². The van der Waals surface area contributed by atoms with Crippen molar-refractivity contribution in [1.29, 1.82) is 0 Å². The first-order chi connectivity index (χ1) is 13.4. The summed E-state index contributed by atoms with van der Waals surface area (Å²) in [6.07, 6.45) is 2.77. The molecule has 0 spiro atoms. The van der Waals surface area contributed by atoms with Crippen LogP contribution in [-0.2, 0) is 6.42 Å². The Balaban J connectivity index is 1.89. The average Bonchev–Trinajstić information content (AvgIpc) is 2.68. The molecule has 8 heteroatoms. The smallest absolute Gasteiger partial charge is 0.271 e. The maximum atomic E-state index is 11.8. The number of halogens is 1. The second-order valence-electron chi connectivity index (χ2n) is 7.04. The molecule has 1 aromatic carbocycles. The first kappa shape index (κ1) is 20.4. The summed E-state index contributed by atoms with van der Waals surface area (Å²) in [6.45, 7) is 4.04. The highest BCUT2D eigenvalue weighted by Crippen LogP contribution is 2.36. The first-order valence-corrected chi connectivity index (χ1v) is 9.80. The zero-order chi connectivity index (χ0) is 20.3. The van der Waals surface area contributed by atoms with Crippen molar-refractivity contribution in [2.75, 3.05) is 32.6 Å². The van der Waals surface area contributed by atoms with Gasteiger partial charge in [-0.2, -0.15) is 0 Å². The Hall–Kier alpha value is -2.38. The number of aromatic nitrogens is 2. The Bertz CT molecular complexity index is 866. The molecule has 3 rings (SSSR count). The predicted molar refractivity (Wildman–Crippen MR) is 111 cm³/mol. The van der Waals surface area contributed by atoms with Crippen molar-refractivity contribution in [3.63, 3.8) is 0 Å². The molecule has 150 valence electrons. The molecule has 28 heavy (non-hydrogen) atoms. The maximum Gasteiger partial charge on any atom is 0.271 e. The van der Waals surface area contributed by atoms with Gasteiger partial charge < -0.3 is 20.7 Å². The van der Waals surface area contributed by atoms with E-state index in [0.29, 0.717) is 18.0 Å². The molecule has 7 nitrogen and oxygen atoms in total. The number of piperidine rings is 1. The predicted octanol–water partition coefficient (Wildman–Crippen LogP) is 3.35. The van der Waals surface area contributed by atoms with E-state index in [1.165, 1.54) is 5.56 Å². The van der Waals surface area contributed by atoms with E-state index < -0.39 is 5.91 Å². The molecule has 0 atom stereocenters. The molecule has 2 heterocycles. The van der Waals surface area contributed by atoms with E-state index in [9.17, 15) is 4.79 Å². The zero-order valence-electron chi connectivity index (χ0n) is 16.5. The van der Waals surface area contributed by atoms with Gasteiger partial charge in [0.15, 0.2) is 16.7 Å². The van der Waals surface area contributed by atoms with Crippen molar-refractivity contribution in [2.45, 2.75) is 32.1 Å². The van der Waals surface area contributed by atoms with Crippen molar-refractivity contribution in [1.82, 2.24) is 14.9 Å². The van der Waals surface area contributed by atoms with Crippen LogP contribution in [0.2, 0.25) is 5.15 Å². The number of primary amides is 1. The summed E-state index contributed by atoms with van der Waals surface area (Å²) in [4.78, 5) is 22.7. The molecule has 2 aromatic rings. The number of rotatable bonds is 6. The molecular formula is C20H26ClN5O2. The van der Waals surface area contributed by atoms with E-state index >= 15 is 0 Å². The molecule has 1 fully saturated rings. The topological polar surface area (TPSA) is 93.4 Å². The molecule has 3 N–H and O–H groups in total. The van der Waals surface area contributed by atoms with Crippen LogP contribution in [-0.4, -0.2) is 48.0 Å². The van der Waals surface area contributed by atoms with Gasteiger partial charge in [0.05, 0.1) is 12.8 Å². The van der Waals surface area contributed by atoms with Gasteiger partial charge in [-0.25, -0.2) is 9.97 Å². The normalized spacial score (nSPS) is 15.4.